The van der Waals surface area contributed by atoms with Gasteiger partial charge in [0.2, 0.25) is 0 Å². The smallest absolute Gasteiger partial charge is 0.142 e. The van der Waals surface area contributed by atoms with Gasteiger partial charge in [-0.2, -0.15) is 0 Å². The molecule has 0 fully saturated rings. The highest BCUT2D eigenvalue weighted by atomic mass is 32.2. The van der Waals surface area contributed by atoms with Crippen molar-refractivity contribution in [2.75, 3.05) is 20.6 Å². The van der Waals surface area contributed by atoms with Crippen molar-refractivity contribution in [3.8, 4) is 0 Å². The predicted octanol–water partition coefficient (Wildman–Crippen LogP) is 5.31. The first kappa shape index (κ1) is 24.0. The van der Waals surface area contributed by atoms with E-state index in [0.29, 0.717) is 11.8 Å². The molecule has 1 aliphatic rings. The summed E-state index contributed by atoms with van der Waals surface area (Å²) in [6.45, 7) is 7.70. The molecule has 1 aliphatic heterocycles. The molecule has 4 N–H and O–H groups in total. The van der Waals surface area contributed by atoms with Gasteiger partial charge in [0.1, 0.15) is 5.76 Å². The van der Waals surface area contributed by atoms with Crippen LogP contribution in [0.1, 0.15) is 43.5 Å². The fourth-order valence-electron chi connectivity index (χ4n) is 3.96. The second kappa shape index (κ2) is 10.3. The normalized spacial score (nSPS) is 17.3. The van der Waals surface area contributed by atoms with Crippen molar-refractivity contribution >= 4 is 17.5 Å². The number of likely N-dealkylation sites (N-methyl/N-ethyl adjacent to an activating group) is 2. The summed E-state index contributed by atoms with van der Waals surface area (Å²) < 4.78 is 0. The van der Waals surface area contributed by atoms with E-state index in [4.69, 9.17) is 11.1 Å². The van der Waals surface area contributed by atoms with Crippen molar-refractivity contribution in [2.24, 2.45) is 5.73 Å². The molecule has 32 heavy (non-hydrogen) atoms. The van der Waals surface area contributed by atoms with Crippen molar-refractivity contribution < 1.29 is 5.11 Å². The van der Waals surface area contributed by atoms with E-state index in [-0.39, 0.29) is 17.5 Å². The Bertz CT molecular complexity index is 1010. The Labute approximate surface area is 196 Å². The number of nitrogens with two attached hydrogens (primary N) is 1. The van der Waals surface area contributed by atoms with Crippen molar-refractivity contribution in [3.05, 3.63) is 88.5 Å². The highest BCUT2D eigenvalue weighted by Crippen LogP contribution is 2.35. The van der Waals surface area contributed by atoms with Crippen LogP contribution < -0.4 is 5.73 Å². The van der Waals surface area contributed by atoms with Crippen LogP contribution in [0, 0.1) is 5.41 Å². The average molecular weight is 451 g/mol. The Morgan fingerprint density at radius 1 is 1.16 bits per heavy atom. The molecule has 0 aliphatic carbocycles. The van der Waals surface area contributed by atoms with Crippen LogP contribution >= 0.6 is 11.8 Å². The summed E-state index contributed by atoms with van der Waals surface area (Å²) in [4.78, 5) is 5.55. The predicted molar refractivity (Wildman–Crippen MR) is 135 cm³/mol. The number of rotatable bonds is 7. The lowest BCUT2D eigenvalue weighted by Crippen LogP contribution is -2.40. The van der Waals surface area contributed by atoms with Crippen LogP contribution in [0.2, 0.25) is 0 Å². The third kappa shape index (κ3) is 5.37. The lowest BCUT2D eigenvalue weighted by molar-refractivity contribution is 0.187. The largest absolute Gasteiger partial charge is 0.506 e. The minimum absolute atomic E-state index is 0.0986. The lowest BCUT2D eigenvalue weighted by Gasteiger charge is -2.42. The molecule has 0 radical (unpaired) electrons. The van der Waals surface area contributed by atoms with Crippen LogP contribution in [0.4, 0.5) is 0 Å². The quantitative estimate of drug-likeness (QED) is 0.303. The Balaban J connectivity index is 1.86. The molecule has 170 valence electrons. The van der Waals surface area contributed by atoms with E-state index in [9.17, 15) is 5.11 Å². The Kier molecular flexibility index (Phi) is 7.69. The summed E-state index contributed by atoms with van der Waals surface area (Å²) in [6.07, 6.45) is 1.53. The van der Waals surface area contributed by atoms with Crippen molar-refractivity contribution in [2.45, 2.75) is 43.5 Å². The third-order valence-electron chi connectivity index (χ3n) is 5.84. The fraction of sp³-hybridized carbons (Fsp3) is 0.346. The van der Waals surface area contributed by atoms with Crippen molar-refractivity contribution in [1.82, 2.24) is 9.80 Å². The molecular formula is C26H34N4OS. The molecule has 0 saturated carbocycles. The van der Waals surface area contributed by atoms with Gasteiger partial charge >= 0.3 is 0 Å². The molecule has 1 atom stereocenters. The fourth-order valence-corrected chi connectivity index (χ4v) is 4.79. The van der Waals surface area contributed by atoms with Crippen LogP contribution in [0.15, 0.2) is 76.7 Å². The van der Waals surface area contributed by atoms with Crippen LogP contribution in [0.5, 0.6) is 0 Å². The third-order valence-corrected chi connectivity index (χ3v) is 6.86. The summed E-state index contributed by atoms with van der Waals surface area (Å²) in [6, 6.07) is 16.4. The summed E-state index contributed by atoms with van der Waals surface area (Å²) in [7, 11) is 4.06. The number of aliphatic hydroxyl groups is 1. The molecule has 0 saturated heterocycles. The second-order valence-electron chi connectivity index (χ2n) is 8.52. The lowest BCUT2D eigenvalue weighted by atomic mass is 9.99. The minimum atomic E-state index is 0.0986. The van der Waals surface area contributed by atoms with Gasteiger partial charge in [0.05, 0.1) is 17.5 Å². The number of thioether (sulfide) groups is 1. The highest BCUT2D eigenvalue weighted by molar-refractivity contribution is 7.99. The van der Waals surface area contributed by atoms with Gasteiger partial charge in [-0.1, -0.05) is 50.2 Å². The number of nitrogens with zero attached hydrogens (tertiary/aromatic N) is 2. The highest BCUT2D eigenvalue weighted by Gasteiger charge is 2.30. The van der Waals surface area contributed by atoms with Crippen LogP contribution in [0.3, 0.4) is 0 Å². The van der Waals surface area contributed by atoms with Crippen LogP contribution in [0.25, 0.3) is 0 Å². The summed E-state index contributed by atoms with van der Waals surface area (Å²) in [5.74, 6) is 0.0986. The molecule has 6 heteroatoms. The maximum Gasteiger partial charge on any atom is 0.142 e. The number of nitrogens with one attached hydrogen (secondary N) is 1. The van der Waals surface area contributed by atoms with Crippen molar-refractivity contribution in [1.29, 1.82) is 5.41 Å². The van der Waals surface area contributed by atoms with Gasteiger partial charge in [-0.05, 0) is 35.7 Å². The standard InChI is InChI=1S/C26H34N4OS/c1-17(2)32-22-12-10-21(11-13-22)24-16-29(4)18(3)26(30(24)5)25(31)14-23(28)20-8-6-19(15-27)7-9-20/h6-14,17,24,28,31H,15-16,27H2,1-5H3/b25-14-,28-23?. The maximum atomic E-state index is 11.0. The first-order chi connectivity index (χ1) is 15.2. The number of allylic oxidation sites excluding steroid dienone is 2. The molecule has 0 bridgehead atoms. The molecule has 5 nitrogen and oxygen atoms in total. The first-order valence-corrected chi connectivity index (χ1v) is 11.8. The van der Waals surface area contributed by atoms with Gasteiger partial charge in [-0.3, -0.25) is 0 Å². The van der Waals surface area contributed by atoms with Gasteiger partial charge in [0.15, 0.2) is 0 Å². The number of benzene rings is 2. The zero-order valence-corrected chi connectivity index (χ0v) is 20.4. The van der Waals surface area contributed by atoms with Crippen molar-refractivity contribution in [3.63, 3.8) is 0 Å². The van der Waals surface area contributed by atoms with E-state index in [1.165, 1.54) is 16.5 Å². The summed E-state index contributed by atoms with van der Waals surface area (Å²) in [5.41, 5.74) is 10.6. The molecule has 3 rings (SSSR count). The van der Waals surface area contributed by atoms with Gasteiger partial charge in [-0.25, -0.2) is 0 Å². The maximum absolute atomic E-state index is 11.0. The van der Waals surface area contributed by atoms with Gasteiger partial charge in [0.25, 0.3) is 0 Å². The topological polar surface area (TPSA) is 76.6 Å². The van der Waals surface area contributed by atoms with E-state index < -0.39 is 0 Å². The number of hydrogen-bond acceptors (Lipinski definition) is 6. The molecule has 0 spiro atoms. The Morgan fingerprint density at radius 3 is 2.34 bits per heavy atom. The van der Waals surface area contributed by atoms with Gasteiger partial charge in [0, 0.05) is 49.1 Å². The van der Waals surface area contributed by atoms with E-state index in [0.717, 1.165) is 29.1 Å². The molecule has 1 heterocycles. The van der Waals surface area contributed by atoms with Gasteiger partial charge in [-0.15, -0.1) is 11.8 Å². The monoisotopic (exact) mass is 450 g/mol. The average Bonchev–Trinajstić information content (AvgIpc) is 2.76. The Hall–Kier alpha value is -2.70. The van der Waals surface area contributed by atoms with Crippen LogP contribution in [-0.2, 0) is 6.54 Å². The minimum Gasteiger partial charge on any atom is -0.506 e. The number of aliphatic hydroxyl groups excluding tert-OH is 1. The summed E-state index contributed by atoms with van der Waals surface area (Å²) in [5, 5.41) is 20.0. The van der Waals surface area contributed by atoms with E-state index in [1.54, 1.807) is 0 Å². The second-order valence-corrected chi connectivity index (χ2v) is 10.2. The molecule has 2 aromatic carbocycles. The molecular weight excluding hydrogens is 416 g/mol. The van der Waals surface area contributed by atoms with E-state index in [2.05, 4.69) is 47.9 Å². The first-order valence-electron chi connectivity index (χ1n) is 10.9. The number of hydrogen-bond donors (Lipinski definition) is 3. The van der Waals surface area contributed by atoms with Gasteiger partial charge < -0.3 is 26.0 Å². The molecule has 0 aromatic heterocycles. The van der Waals surface area contributed by atoms with Crippen LogP contribution in [-0.4, -0.2) is 46.5 Å². The molecule has 0 amide bonds. The SMILES string of the molecule is CC1=C(/C(O)=C/C(=N)c2ccc(CN)cc2)N(C)C(c2ccc(SC(C)C)cc2)CN1C. The summed E-state index contributed by atoms with van der Waals surface area (Å²) >= 11 is 1.85. The van der Waals surface area contributed by atoms with E-state index in [1.807, 2.05) is 57.0 Å². The van der Waals surface area contributed by atoms with E-state index >= 15 is 0 Å². The Morgan fingerprint density at radius 2 is 1.78 bits per heavy atom. The zero-order chi connectivity index (χ0) is 23.4. The molecule has 1 unspecified atom stereocenters. The zero-order valence-electron chi connectivity index (χ0n) is 19.6. The molecule has 2 aromatic rings.